The second-order valence-electron chi connectivity index (χ2n) is 6.21. The molecule has 0 aliphatic carbocycles. The highest BCUT2D eigenvalue weighted by Crippen LogP contribution is 2.18. The minimum Gasteiger partial charge on any atom is -0.449 e. The summed E-state index contributed by atoms with van der Waals surface area (Å²) < 4.78 is 32.3. The van der Waals surface area contributed by atoms with Crippen LogP contribution in [0.4, 0.5) is 5.69 Å². The molecule has 144 valence electrons. The molecule has 0 unspecified atom stereocenters. The second kappa shape index (κ2) is 8.68. The molecular formula is C19H22N2O5S. The van der Waals surface area contributed by atoms with Gasteiger partial charge in [0.2, 0.25) is 0 Å². The Bertz CT molecular complexity index is 911. The Morgan fingerprint density at radius 2 is 1.63 bits per heavy atom. The molecule has 0 aliphatic rings. The largest absolute Gasteiger partial charge is 0.449 e. The molecule has 0 spiro atoms. The highest BCUT2D eigenvalue weighted by Gasteiger charge is 2.20. The van der Waals surface area contributed by atoms with E-state index in [-0.39, 0.29) is 22.2 Å². The van der Waals surface area contributed by atoms with Crippen molar-refractivity contribution in [3.8, 4) is 0 Å². The zero-order chi connectivity index (χ0) is 20.0. The third-order valence-corrected chi connectivity index (χ3v) is 4.89. The summed E-state index contributed by atoms with van der Waals surface area (Å²) in [5, 5.41) is 2.65. The average Bonchev–Trinajstić information content (AvgIpc) is 2.61. The molecule has 8 heteroatoms. The van der Waals surface area contributed by atoms with E-state index in [2.05, 4.69) is 10.0 Å². The fourth-order valence-corrected chi connectivity index (χ4v) is 3.28. The van der Waals surface area contributed by atoms with Crippen LogP contribution in [-0.4, -0.2) is 32.4 Å². The number of esters is 1. The van der Waals surface area contributed by atoms with Crippen LogP contribution in [0.25, 0.3) is 0 Å². The zero-order valence-corrected chi connectivity index (χ0v) is 16.1. The minimum atomic E-state index is -3.77. The van der Waals surface area contributed by atoms with Crippen molar-refractivity contribution in [1.29, 1.82) is 0 Å². The number of nitrogens with one attached hydrogen (secondary N) is 2. The summed E-state index contributed by atoms with van der Waals surface area (Å²) in [5.74, 6) is -1.12. The molecule has 1 atom stereocenters. The standard InChI is InChI=1S/C19H22N2O5S/c1-13(2)20-18(22)14(3)26-19(23)15-8-7-9-16(12-15)21-27(24,25)17-10-5-4-6-11-17/h4-14,21H,1-3H3,(H,20,22)/t14-/m0/s1. The number of anilines is 1. The summed E-state index contributed by atoms with van der Waals surface area (Å²) in [6.45, 7) is 5.07. The molecule has 0 fully saturated rings. The van der Waals surface area contributed by atoms with E-state index < -0.39 is 28.0 Å². The summed E-state index contributed by atoms with van der Waals surface area (Å²) in [6.07, 6.45) is -0.968. The smallest absolute Gasteiger partial charge is 0.338 e. The van der Waals surface area contributed by atoms with E-state index in [9.17, 15) is 18.0 Å². The van der Waals surface area contributed by atoms with Gasteiger partial charge in [-0.3, -0.25) is 9.52 Å². The Hall–Kier alpha value is -2.87. The van der Waals surface area contributed by atoms with Gasteiger partial charge < -0.3 is 10.1 Å². The zero-order valence-electron chi connectivity index (χ0n) is 15.3. The quantitative estimate of drug-likeness (QED) is 0.708. The van der Waals surface area contributed by atoms with Gasteiger partial charge in [-0.2, -0.15) is 0 Å². The molecular weight excluding hydrogens is 368 g/mol. The molecule has 0 saturated heterocycles. The normalized spacial score (nSPS) is 12.3. The Kier molecular flexibility index (Phi) is 6.57. The van der Waals surface area contributed by atoms with Crippen molar-refractivity contribution in [1.82, 2.24) is 5.32 Å². The number of sulfonamides is 1. The molecule has 27 heavy (non-hydrogen) atoms. The van der Waals surface area contributed by atoms with Gasteiger partial charge in [0.25, 0.3) is 15.9 Å². The van der Waals surface area contributed by atoms with Crippen molar-refractivity contribution in [2.75, 3.05) is 4.72 Å². The molecule has 7 nitrogen and oxygen atoms in total. The van der Waals surface area contributed by atoms with Crippen LogP contribution in [0.15, 0.2) is 59.5 Å². The molecule has 0 bridgehead atoms. The first-order valence-corrected chi connectivity index (χ1v) is 9.86. The Labute approximate surface area is 158 Å². The van der Waals surface area contributed by atoms with Gasteiger partial charge in [-0.05, 0) is 51.1 Å². The molecule has 2 N–H and O–H groups in total. The van der Waals surface area contributed by atoms with Gasteiger partial charge in [-0.15, -0.1) is 0 Å². The van der Waals surface area contributed by atoms with E-state index in [1.807, 2.05) is 0 Å². The predicted molar refractivity (Wildman–Crippen MR) is 102 cm³/mol. The third kappa shape index (κ3) is 5.82. The lowest BCUT2D eigenvalue weighted by Gasteiger charge is -2.15. The SMILES string of the molecule is CC(C)NC(=O)[C@H](C)OC(=O)c1cccc(NS(=O)(=O)c2ccccc2)c1. The van der Waals surface area contributed by atoms with Crippen molar-refractivity contribution in [3.05, 3.63) is 60.2 Å². The van der Waals surface area contributed by atoms with Crippen LogP contribution in [0.3, 0.4) is 0 Å². The van der Waals surface area contributed by atoms with E-state index in [1.165, 1.54) is 43.3 Å². The molecule has 2 rings (SSSR count). The van der Waals surface area contributed by atoms with Crippen LogP contribution in [0.1, 0.15) is 31.1 Å². The lowest BCUT2D eigenvalue weighted by molar-refractivity contribution is -0.129. The number of carbonyl (C=O) groups excluding carboxylic acids is 2. The summed E-state index contributed by atoms with van der Waals surface area (Å²) in [4.78, 5) is 24.2. The second-order valence-corrected chi connectivity index (χ2v) is 7.89. The maximum absolute atomic E-state index is 12.4. The van der Waals surface area contributed by atoms with Gasteiger partial charge in [-0.25, -0.2) is 13.2 Å². The van der Waals surface area contributed by atoms with E-state index in [4.69, 9.17) is 4.74 Å². The summed E-state index contributed by atoms with van der Waals surface area (Å²) in [7, 11) is -3.77. The van der Waals surface area contributed by atoms with E-state index in [1.54, 1.807) is 32.0 Å². The van der Waals surface area contributed by atoms with Crippen LogP contribution in [0, 0.1) is 0 Å². The monoisotopic (exact) mass is 390 g/mol. The predicted octanol–water partition coefficient (Wildman–Crippen LogP) is 2.56. The van der Waals surface area contributed by atoms with E-state index in [0.717, 1.165) is 0 Å². The highest BCUT2D eigenvalue weighted by molar-refractivity contribution is 7.92. The van der Waals surface area contributed by atoms with Crippen molar-refractivity contribution in [2.45, 2.75) is 37.8 Å². The van der Waals surface area contributed by atoms with Gasteiger partial charge in [0.15, 0.2) is 6.10 Å². The van der Waals surface area contributed by atoms with Crippen molar-refractivity contribution >= 4 is 27.6 Å². The molecule has 2 aromatic rings. The molecule has 0 aliphatic heterocycles. The molecule has 0 radical (unpaired) electrons. The first kappa shape index (κ1) is 20.4. The lowest BCUT2D eigenvalue weighted by atomic mass is 10.2. The number of hydrogen-bond donors (Lipinski definition) is 2. The maximum Gasteiger partial charge on any atom is 0.338 e. The minimum absolute atomic E-state index is 0.0747. The number of amides is 1. The number of carbonyl (C=O) groups is 2. The topological polar surface area (TPSA) is 102 Å². The van der Waals surface area contributed by atoms with Gasteiger partial charge in [0, 0.05) is 11.7 Å². The third-order valence-electron chi connectivity index (χ3n) is 3.49. The number of hydrogen-bond acceptors (Lipinski definition) is 5. The molecule has 0 heterocycles. The van der Waals surface area contributed by atoms with Crippen LogP contribution < -0.4 is 10.0 Å². The Morgan fingerprint density at radius 1 is 0.963 bits per heavy atom. The Morgan fingerprint density at radius 3 is 2.26 bits per heavy atom. The highest BCUT2D eigenvalue weighted by atomic mass is 32.2. The summed E-state index contributed by atoms with van der Waals surface area (Å²) >= 11 is 0. The molecule has 0 aromatic heterocycles. The van der Waals surface area contributed by atoms with Crippen molar-refractivity contribution in [3.63, 3.8) is 0 Å². The number of rotatable bonds is 7. The van der Waals surface area contributed by atoms with E-state index in [0.29, 0.717) is 0 Å². The van der Waals surface area contributed by atoms with E-state index >= 15 is 0 Å². The van der Waals surface area contributed by atoms with Crippen LogP contribution in [0.2, 0.25) is 0 Å². The van der Waals surface area contributed by atoms with Gasteiger partial charge in [-0.1, -0.05) is 24.3 Å². The number of benzene rings is 2. The van der Waals surface area contributed by atoms with Crippen molar-refractivity contribution < 1.29 is 22.7 Å². The Balaban J connectivity index is 2.11. The van der Waals surface area contributed by atoms with Crippen LogP contribution >= 0.6 is 0 Å². The summed E-state index contributed by atoms with van der Waals surface area (Å²) in [5.41, 5.74) is 0.347. The molecule has 0 saturated carbocycles. The first-order chi connectivity index (χ1) is 12.7. The first-order valence-electron chi connectivity index (χ1n) is 8.38. The van der Waals surface area contributed by atoms with Crippen LogP contribution in [-0.2, 0) is 19.6 Å². The maximum atomic E-state index is 12.4. The fraction of sp³-hybridized carbons (Fsp3) is 0.263. The molecule has 1 amide bonds. The van der Waals surface area contributed by atoms with Crippen molar-refractivity contribution in [2.24, 2.45) is 0 Å². The van der Waals surface area contributed by atoms with Crippen LogP contribution in [0.5, 0.6) is 0 Å². The average molecular weight is 390 g/mol. The number of ether oxygens (including phenoxy) is 1. The van der Waals surface area contributed by atoms with Gasteiger partial charge in [0.1, 0.15) is 0 Å². The summed E-state index contributed by atoms with van der Waals surface area (Å²) in [6, 6.07) is 13.7. The lowest BCUT2D eigenvalue weighted by Crippen LogP contribution is -2.39. The fourth-order valence-electron chi connectivity index (χ4n) is 2.21. The molecule has 2 aromatic carbocycles. The van der Waals surface area contributed by atoms with Gasteiger partial charge in [0.05, 0.1) is 10.5 Å². The van der Waals surface area contributed by atoms with Gasteiger partial charge >= 0.3 is 5.97 Å².